The number of benzene rings is 1. The van der Waals surface area contributed by atoms with E-state index in [9.17, 15) is 0 Å². The normalized spacial score (nSPS) is 10.3. The molecule has 0 saturated carbocycles. The number of anilines is 5. The van der Waals surface area contributed by atoms with Crippen molar-refractivity contribution < 1.29 is 0 Å². The van der Waals surface area contributed by atoms with Gasteiger partial charge in [0, 0.05) is 22.3 Å². The summed E-state index contributed by atoms with van der Waals surface area (Å²) >= 11 is 7.42. The highest BCUT2D eigenvalue weighted by Crippen LogP contribution is 2.29. The summed E-state index contributed by atoms with van der Waals surface area (Å²) in [5.41, 5.74) is 7.29. The molecule has 4 N–H and O–H groups in total. The van der Waals surface area contributed by atoms with Crippen LogP contribution in [0, 0.1) is 0 Å². The van der Waals surface area contributed by atoms with Crippen molar-refractivity contribution in [1.29, 1.82) is 0 Å². The molecule has 6 nitrogen and oxygen atoms in total. The first-order valence-corrected chi connectivity index (χ1v) is 7.28. The van der Waals surface area contributed by atoms with Crippen LogP contribution in [0.4, 0.5) is 28.1 Å². The van der Waals surface area contributed by atoms with E-state index < -0.39 is 0 Å². The largest absolute Gasteiger partial charge is 0.393 e. The zero-order valence-electron chi connectivity index (χ0n) is 10.7. The van der Waals surface area contributed by atoms with E-state index in [1.165, 1.54) is 17.7 Å². The molecule has 0 radical (unpaired) electrons. The average Bonchev–Trinajstić information content (AvgIpc) is 2.96. The maximum absolute atomic E-state index is 6.08. The van der Waals surface area contributed by atoms with Crippen molar-refractivity contribution in [1.82, 2.24) is 15.0 Å². The van der Waals surface area contributed by atoms with Crippen LogP contribution >= 0.6 is 22.9 Å². The SMILES string of the molecule is Nc1c(Nc2cccc(Cl)c2)ncnc1Nc1nccs1. The molecule has 0 aliphatic carbocycles. The fourth-order valence-electron chi connectivity index (χ4n) is 1.68. The second-order valence-corrected chi connectivity index (χ2v) is 5.41. The molecule has 0 aliphatic rings. The van der Waals surface area contributed by atoms with Gasteiger partial charge in [0.15, 0.2) is 16.8 Å². The molecule has 3 rings (SSSR count). The van der Waals surface area contributed by atoms with Crippen molar-refractivity contribution in [2.75, 3.05) is 16.4 Å². The summed E-state index contributed by atoms with van der Waals surface area (Å²) in [6.45, 7) is 0. The molecule has 0 saturated heterocycles. The lowest BCUT2D eigenvalue weighted by Gasteiger charge is -2.11. The van der Waals surface area contributed by atoms with Crippen LogP contribution in [-0.2, 0) is 0 Å². The fraction of sp³-hybridized carbons (Fsp3) is 0. The summed E-state index contributed by atoms with van der Waals surface area (Å²) in [7, 11) is 0. The van der Waals surface area contributed by atoms with E-state index in [-0.39, 0.29) is 0 Å². The van der Waals surface area contributed by atoms with E-state index in [1.807, 2.05) is 17.5 Å². The van der Waals surface area contributed by atoms with Crippen LogP contribution in [0.25, 0.3) is 0 Å². The summed E-state index contributed by atoms with van der Waals surface area (Å²) in [5, 5.41) is 9.39. The number of hydrogen-bond donors (Lipinski definition) is 3. The van der Waals surface area contributed by atoms with Gasteiger partial charge in [-0.2, -0.15) is 0 Å². The molecule has 8 heteroatoms. The van der Waals surface area contributed by atoms with Gasteiger partial charge in [0.2, 0.25) is 0 Å². The summed E-state index contributed by atoms with van der Waals surface area (Å²) in [5.74, 6) is 1.01. The Labute approximate surface area is 130 Å². The molecule has 0 spiro atoms. The summed E-state index contributed by atoms with van der Waals surface area (Å²) in [4.78, 5) is 12.4. The molecule has 106 valence electrons. The van der Waals surface area contributed by atoms with Crippen molar-refractivity contribution in [3.63, 3.8) is 0 Å². The number of thiazole rings is 1. The van der Waals surface area contributed by atoms with Gasteiger partial charge in [-0.05, 0) is 18.2 Å². The highest BCUT2D eigenvalue weighted by molar-refractivity contribution is 7.13. The topological polar surface area (TPSA) is 88.8 Å². The lowest BCUT2D eigenvalue weighted by atomic mass is 10.3. The Bertz CT molecular complexity index is 746. The number of halogens is 1. The van der Waals surface area contributed by atoms with Crippen LogP contribution in [-0.4, -0.2) is 15.0 Å². The molecule has 2 heterocycles. The van der Waals surface area contributed by atoms with Gasteiger partial charge in [-0.3, -0.25) is 0 Å². The van der Waals surface area contributed by atoms with E-state index in [0.29, 0.717) is 27.5 Å². The predicted octanol–water partition coefficient (Wildman–Crippen LogP) is 3.66. The number of hydrogen-bond acceptors (Lipinski definition) is 7. The number of nitrogens with one attached hydrogen (secondary N) is 2. The van der Waals surface area contributed by atoms with E-state index >= 15 is 0 Å². The third kappa shape index (κ3) is 3.21. The van der Waals surface area contributed by atoms with Crippen molar-refractivity contribution in [3.05, 3.63) is 47.2 Å². The van der Waals surface area contributed by atoms with Crippen LogP contribution in [0.2, 0.25) is 5.02 Å². The summed E-state index contributed by atoms with van der Waals surface area (Å²) in [6.07, 6.45) is 3.13. The van der Waals surface area contributed by atoms with Gasteiger partial charge in [-0.25, -0.2) is 15.0 Å². The quantitative estimate of drug-likeness (QED) is 0.680. The molecular formula is C13H11ClN6S. The van der Waals surface area contributed by atoms with Crippen molar-refractivity contribution in [2.45, 2.75) is 0 Å². The van der Waals surface area contributed by atoms with Gasteiger partial charge in [-0.1, -0.05) is 17.7 Å². The van der Waals surface area contributed by atoms with E-state index in [2.05, 4.69) is 25.6 Å². The molecule has 0 amide bonds. The van der Waals surface area contributed by atoms with Crippen molar-refractivity contribution >= 4 is 51.1 Å². The third-order valence-corrected chi connectivity index (χ3v) is 3.55. The van der Waals surface area contributed by atoms with Crippen molar-refractivity contribution in [2.24, 2.45) is 0 Å². The van der Waals surface area contributed by atoms with Crippen LogP contribution in [0.15, 0.2) is 42.2 Å². The minimum atomic E-state index is 0.410. The first-order chi connectivity index (χ1) is 10.2. The van der Waals surface area contributed by atoms with E-state index in [4.69, 9.17) is 17.3 Å². The third-order valence-electron chi connectivity index (χ3n) is 2.63. The Morgan fingerprint density at radius 2 is 1.90 bits per heavy atom. The highest BCUT2D eigenvalue weighted by Gasteiger charge is 2.09. The van der Waals surface area contributed by atoms with Crippen LogP contribution in [0.3, 0.4) is 0 Å². The number of nitrogens with zero attached hydrogens (tertiary/aromatic N) is 3. The molecule has 3 aromatic rings. The van der Waals surface area contributed by atoms with Crippen LogP contribution < -0.4 is 16.4 Å². The zero-order valence-corrected chi connectivity index (χ0v) is 12.3. The summed E-state index contributed by atoms with van der Waals surface area (Å²) in [6, 6.07) is 7.31. The fourth-order valence-corrected chi connectivity index (χ4v) is 2.40. The van der Waals surface area contributed by atoms with Gasteiger partial charge in [0.1, 0.15) is 12.0 Å². The average molecular weight is 319 g/mol. The zero-order chi connectivity index (χ0) is 14.7. The number of rotatable bonds is 4. The first-order valence-electron chi connectivity index (χ1n) is 6.02. The van der Waals surface area contributed by atoms with Crippen LogP contribution in [0.5, 0.6) is 0 Å². The maximum Gasteiger partial charge on any atom is 0.188 e. The molecule has 21 heavy (non-hydrogen) atoms. The second-order valence-electron chi connectivity index (χ2n) is 4.08. The Hall–Kier alpha value is -2.38. The minimum absolute atomic E-state index is 0.410. The Morgan fingerprint density at radius 3 is 2.62 bits per heavy atom. The molecule has 1 aromatic carbocycles. The second kappa shape index (κ2) is 5.94. The number of aromatic nitrogens is 3. The van der Waals surface area contributed by atoms with Gasteiger partial charge in [0.25, 0.3) is 0 Å². The van der Waals surface area contributed by atoms with Crippen LogP contribution in [0.1, 0.15) is 0 Å². The summed E-state index contributed by atoms with van der Waals surface area (Å²) < 4.78 is 0. The van der Waals surface area contributed by atoms with Crippen molar-refractivity contribution in [3.8, 4) is 0 Å². The standard InChI is InChI=1S/C13H11ClN6S/c14-8-2-1-3-9(6-8)19-11-10(15)12(18-7-17-11)20-13-16-4-5-21-13/h1-7H,15H2,(H2,16,17,18,19,20). The van der Waals surface area contributed by atoms with E-state index in [0.717, 1.165) is 5.69 Å². The monoisotopic (exact) mass is 318 g/mol. The molecule has 0 unspecified atom stereocenters. The minimum Gasteiger partial charge on any atom is -0.393 e. The Kier molecular flexibility index (Phi) is 3.85. The maximum atomic E-state index is 6.08. The predicted molar refractivity (Wildman–Crippen MR) is 86.6 cm³/mol. The highest BCUT2D eigenvalue weighted by atomic mass is 35.5. The molecule has 0 atom stereocenters. The Balaban J connectivity index is 1.86. The molecule has 0 aliphatic heterocycles. The smallest absolute Gasteiger partial charge is 0.188 e. The van der Waals surface area contributed by atoms with Gasteiger partial charge in [0.05, 0.1) is 0 Å². The molecule has 0 bridgehead atoms. The van der Waals surface area contributed by atoms with Gasteiger partial charge < -0.3 is 16.4 Å². The molecule has 2 aromatic heterocycles. The Morgan fingerprint density at radius 1 is 1.10 bits per heavy atom. The lowest BCUT2D eigenvalue weighted by molar-refractivity contribution is 1.17. The van der Waals surface area contributed by atoms with Gasteiger partial charge in [-0.15, -0.1) is 11.3 Å². The molecular weight excluding hydrogens is 308 g/mol. The van der Waals surface area contributed by atoms with E-state index in [1.54, 1.807) is 18.3 Å². The first kappa shape index (κ1) is 13.6. The number of nitrogen functional groups attached to an aromatic ring is 1. The molecule has 0 fully saturated rings. The van der Waals surface area contributed by atoms with Gasteiger partial charge >= 0.3 is 0 Å². The number of nitrogens with two attached hydrogens (primary N) is 1. The lowest BCUT2D eigenvalue weighted by Crippen LogP contribution is -2.05.